The van der Waals surface area contributed by atoms with Crippen molar-refractivity contribution in [2.45, 2.75) is 13.1 Å². The Morgan fingerprint density at radius 3 is 2.81 bits per heavy atom. The van der Waals surface area contributed by atoms with E-state index in [-0.39, 0.29) is 19.0 Å². The van der Waals surface area contributed by atoms with Gasteiger partial charge in [0.15, 0.2) is 5.82 Å². The van der Waals surface area contributed by atoms with Gasteiger partial charge in [0.25, 0.3) is 0 Å². The quantitative estimate of drug-likeness (QED) is 0.836. The van der Waals surface area contributed by atoms with Gasteiger partial charge in [-0.2, -0.15) is 4.98 Å². The van der Waals surface area contributed by atoms with Crippen LogP contribution in [0.5, 0.6) is 5.75 Å². The van der Waals surface area contributed by atoms with E-state index in [9.17, 15) is 0 Å². The molecule has 0 saturated heterocycles. The van der Waals surface area contributed by atoms with Crippen LogP contribution in [0.25, 0.3) is 0 Å². The second-order valence-electron chi connectivity index (χ2n) is 4.33. The highest BCUT2D eigenvalue weighted by molar-refractivity contribution is 6.32. The minimum absolute atomic E-state index is 0. The Hall–Kier alpha value is -1.34. The van der Waals surface area contributed by atoms with Crippen LogP contribution < -0.4 is 10.5 Å². The summed E-state index contributed by atoms with van der Waals surface area (Å²) in [6.07, 6.45) is 0. The molecule has 2 N–H and O–H groups in total. The lowest BCUT2D eigenvalue weighted by Crippen LogP contribution is -2.24. The first kappa shape index (κ1) is 17.7. The zero-order valence-electron chi connectivity index (χ0n) is 11.7. The molecule has 116 valence electrons. The van der Waals surface area contributed by atoms with E-state index in [0.29, 0.717) is 35.6 Å². The normalized spacial score (nSPS) is 10.5. The topological polar surface area (TPSA) is 77.4 Å². The number of halogens is 2. The highest BCUT2D eigenvalue weighted by Crippen LogP contribution is 2.22. The van der Waals surface area contributed by atoms with Crippen LogP contribution >= 0.6 is 24.0 Å². The molecule has 1 aromatic heterocycles. The van der Waals surface area contributed by atoms with E-state index >= 15 is 0 Å². The summed E-state index contributed by atoms with van der Waals surface area (Å²) >= 11 is 6.01. The molecular formula is C13H18Cl2N4O2. The predicted molar refractivity (Wildman–Crippen MR) is 82.7 cm³/mol. The van der Waals surface area contributed by atoms with Gasteiger partial charge in [-0.15, -0.1) is 12.4 Å². The second-order valence-corrected chi connectivity index (χ2v) is 4.73. The molecule has 2 rings (SSSR count). The van der Waals surface area contributed by atoms with Crippen LogP contribution in [0.4, 0.5) is 0 Å². The molecule has 0 atom stereocenters. The lowest BCUT2D eigenvalue weighted by molar-refractivity contribution is 0.227. The highest BCUT2D eigenvalue weighted by atomic mass is 35.5. The monoisotopic (exact) mass is 332 g/mol. The van der Waals surface area contributed by atoms with Gasteiger partial charge in [0.1, 0.15) is 12.4 Å². The molecule has 2 aromatic rings. The second kappa shape index (κ2) is 8.84. The molecule has 0 fully saturated rings. The number of nitrogens with zero attached hydrogens (tertiary/aromatic N) is 3. The van der Waals surface area contributed by atoms with E-state index in [1.807, 2.05) is 30.1 Å². The molecule has 6 nitrogen and oxygen atoms in total. The van der Waals surface area contributed by atoms with Gasteiger partial charge < -0.3 is 15.0 Å². The lowest BCUT2D eigenvalue weighted by atomic mass is 10.3. The largest absolute Gasteiger partial charge is 0.491 e. The molecule has 1 aromatic carbocycles. The van der Waals surface area contributed by atoms with Crippen molar-refractivity contribution >= 4 is 24.0 Å². The molecule has 0 aliphatic carbocycles. The van der Waals surface area contributed by atoms with E-state index in [2.05, 4.69) is 10.1 Å². The highest BCUT2D eigenvalue weighted by Gasteiger charge is 2.08. The van der Waals surface area contributed by atoms with Crippen molar-refractivity contribution in [1.29, 1.82) is 0 Å². The van der Waals surface area contributed by atoms with Gasteiger partial charge in [-0.1, -0.05) is 28.9 Å². The van der Waals surface area contributed by atoms with Crippen molar-refractivity contribution < 1.29 is 9.26 Å². The summed E-state index contributed by atoms with van der Waals surface area (Å²) in [4.78, 5) is 6.17. The molecule has 0 saturated carbocycles. The van der Waals surface area contributed by atoms with Gasteiger partial charge in [0.05, 0.1) is 18.1 Å². The molecule has 1 heterocycles. The minimum atomic E-state index is 0. The van der Waals surface area contributed by atoms with Gasteiger partial charge in [0, 0.05) is 6.54 Å². The van der Waals surface area contributed by atoms with Crippen LogP contribution in [0.3, 0.4) is 0 Å². The van der Waals surface area contributed by atoms with Crippen LogP contribution in [0.2, 0.25) is 5.02 Å². The van der Waals surface area contributed by atoms with Gasteiger partial charge in [-0.25, -0.2) is 0 Å². The van der Waals surface area contributed by atoms with Crippen molar-refractivity contribution in [1.82, 2.24) is 15.0 Å². The summed E-state index contributed by atoms with van der Waals surface area (Å²) in [5, 5.41) is 4.45. The number of rotatable bonds is 7. The number of ether oxygens (including phenoxy) is 1. The van der Waals surface area contributed by atoms with Gasteiger partial charge in [0.2, 0.25) is 5.89 Å². The summed E-state index contributed by atoms with van der Waals surface area (Å²) in [6, 6.07) is 7.40. The maximum absolute atomic E-state index is 6.01. The molecule has 0 unspecified atom stereocenters. The number of nitrogens with two attached hydrogens (primary N) is 1. The maximum atomic E-state index is 6.01. The average Bonchev–Trinajstić information content (AvgIpc) is 2.88. The van der Waals surface area contributed by atoms with Crippen molar-refractivity contribution in [3.63, 3.8) is 0 Å². The van der Waals surface area contributed by atoms with Gasteiger partial charge in [-0.05, 0) is 19.2 Å². The third-order valence-electron chi connectivity index (χ3n) is 2.66. The number of benzene rings is 1. The Balaban J connectivity index is 0.00000220. The zero-order chi connectivity index (χ0) is 14.4. The fourth-order valence-corrected chi connectivity index (χ4v) is 1.82. The average molecular weight is 333 g/mol. The number of para-hydroxylation sites is 1. The zero-order valence-corrected chi connectivity index (χ0v) is 13.2. The van der Waals surface area contributed by atoms with E-state index in [1.54, 1.807) is 6.07 Å². The smallest absolute Gasteiger partial charge is 0.240 e. The van der Waals surface area contributed by atoms with Crippen LogP contribution in [0.15, 0.2) is 28.8 Å². The first-order valence-electron chi connectivity index (χ1n) is 6.26. The Morgan fingerprint density at radius 2 is 2.14 bits per heavy atom. The standard InChI is InChI=1S/C13H17ClN4O2.ClH/c1-18(9-12-16-13(8-15)20-17-12)6-7-19-11-5-3-2-4-10(11)14;/h2-5H,6-9,15H2,1H3;1H. The summed E-state index contributed by atoms with van der Waals surface area (Å²) in [7, 11) is 1.95. The van der Waals surface area contributed by atoms with E-state index < -0.39 is 0 Å². The molecule has 0 amide bonds. The van der Waals surface area contributed by atoms with E-state index in [4.69, 9.17) is 26.6 Å². The molecule has 0 radical (unpaired) electrons. The molecule has 0 aliphatic rings. The van der Waals surface area contributed by atoms with Crippen LogP contribution in [-0.4, -0.2) is 35.2 Å². The van der Waals surface area contributed by atoms with Crippen molar-refractivity contribution in [2.24, 2.45) is 5.73 Å². The number of aromatic nitrogens is 2. The summed E-state index contributed by atoms with van der Waals surface area (Å²) in [5.41, 5.74) is 5.41. The van der Waals surface area contributed by atoms with Crippen LogP contribution in [-0.2, 0) is 13.1 Å². The molecular weight excluding hydrogens is 315 g/mol. The number of likely N-dealkylation sites (N-methyl/N-ethyl adjacent to an activating group) is 1. The Kier molecular flexibility index (Phi) is 7.45. The van der Waals surface area contributed by atoms with E-state index in [1.165, 1.54) is 0 Å². The van der Waals surface area contributed by atoms with E-state index in [0.717, 1.165) is 6.54 Å². The first-order valence-corrected chi connectivity index (χ1v) is 6.64. The molecule has 0 bridgehead atoms. The van der Waals surface area contributed by atoms with Crippen LogP contribution in [0, 0.1) is 0 Å². The Morgan fingerprint density at radius 1 is 1.38 bits per heavy atom. The molecule has 0 spiro atoms. The van der Waals surface area contributed by atoms with Crippen molar-refractivity contribution in [2.75, 3.05) is 20.2 Å². The fourth-order valence-electron chi connectivity index (χ4n) is 1.63. The predicted octanol–water partition coefficient (Wildman–Crippen LogP) is 2.11. The number of hydrogen-bond donors (Lipinski definition) is 1. The van der Waals surface area contributed by atoms with Gasteiger partial charge in [-0.3, -0.25) is 4.90 Å². The van der Waals surface area contributed by atoms with Crippen molar-refractivity contribution in [3.8, 4) is 5.75 Å². The van der Waals surface area contributed by atoms with Crippen molar-refractivity contribution in [3.05, 3.63) is 41.0 Å². The fraction of sp³-hybridized carbons (Fsp3) is 0.385. The lowest BCUT2D eigenvalue weighted by Gasteiger charge is -2.15. The van der Waals surface area contributed by atoms with Gasteiger partial charge >= 0.3 is 0 Å². The third-order valence-corrected chi connectivity index (χ3v) is 2.98. The Labute approximate surface area is 134 Å². The minimum Gasteiger partial charge on any atom is -0.491 e. The molecule has 8 heteroatoms. The first-order chi connectivity index (χ1) is 9.69. The Bertz CT molecular complexity index is 550. The number of hydrogen-bond acceptors (Lipinski definition) is 6. The SMILES string of the molecule is CN(CCOc1ccccc1Cl)Cc1noc(CN)n1.Cl. The van der Waals surface area contributed by atoms with Crippen LogP contribution in [0.1, 0.15) is 11.7 Å². The maximum Gasteiger partial charge on any atom is 0.240 e. The summed E-state index contributed by atoms with van der Waals surface area (Å²) < 4.78 is 10.6. The summed E-state index contributed by atoms with van der Waals surface area (Å²) in [6.45, 7) is 2.08. The molecule has 21 heavy (non-hydrogen) atoms. The molecule has 0 aliphatic heterocycles. The summed E-state index contributed by atoms with van der Waals surface area (Å²) in [5.74, 6) is 1.75. The third kappa shape index (κ3) is 5.51.